The van der Waals surface area contributed by atoms with Crippen LogP contribution in [0.25, 0.3) is 0 Å². The summed E-state index contributed by atoms with van der Waals surface area (Å²) in [6.45, 7) is 4.33. The van der Waals surface area contributed by atoms with E-state index in [-0.39, 0.29) is 6.04 Å². The topological polar surface area (TPSA) is 59.6 Å². The summed E-state index contributed by atoms with van der Waals surface area (Å²) < 4.78 is 5.53. The molecule has 0 bridgehead atoms. The highest BCUT2D eigenvalue weighted by Gasteiger charge is 2.11. The lowest BCUT2D eigenvalue weighted by atomic mass is 10.1. The lowest BCUT2D eigenvalue weighted by molar-refractivity contribution is 0.317. The third-order valence-electron chi connectivity index (χ3n) is 2.62. The predicted octanol–water partition coefficient (Wildman–Crippen LogP) is 1.15. The van der Waals surface area contributed by atoms with E-state index in [9.17, 15) is 0 Å². The Bertz CT molecular complexity index is 386. The molecule has 0 fully saturated rings. The first-order valence-electron chi connectivity index (χ1n) is 6.06. The maximum absolute atomic E-state index is 5.76. The molecule has 1 unspecified atom stereocenters. The molecule has 0 saturated carbocycles. The average Bonchev–Trinajstić information content (AvgIpc) is 2.38. The number of nitrogens with one attached hydrogen (secondary N) is 1. The van der Waals surface area contributed by atoms with Crippen LogP contribution in [0.5, 0.6) is 5.75 Å². The number of nitrogens with two attached hydrogens (primary N) is 1. The standard InChI is InChI=1S/C13H19N3O/c1-2-7-17-12-5-3-10(4-6-12)13-15-8-11(14)9-16-13/h3-6,11H,2,7-9,14H2,1H3,(H,15,16). The van der Waals surface area contributed by atoms with Crippen molar-refractivity contribution in [1.82, 2.24) is 5.32 Å². The molecule has 1 aliphatic heterocycles. The van der Waals surface area contributed by atoms with Crippen molar-refractivity contribution in [1.29, 1.82) is 0 Å². The second-order valence-corrected chi connectivity index (χ2v) is 4.20. The van der Waals surface area contributed by atoms with E-state index in [1.165, 1.54) is 0 Å². The van der Waals surface area contributed by atoms with Crippen LogP contribution in [0.4, 0.5) is 0 Å². The zero-order chi connectivity index (χ0) is 12.1. The van der Waals surface area contributed by atoms with Crippen molar-refractivity contribution >= 4 is 5.84 Å². The highest BCUT2D eigenvalue weighted by Crippen LogP contribution is 2.13. The van der Waals surface area contributed by atoms with Crippen LogP contribution in [0.3, 0.4) is 0 Å². The molecule has 0 radical (unpaired) electrons. The third kappa shape index (κ3) is 3.20. The maximum Gasteiger partial charge on any atom is 0.128 e. The largest absolute Gasteiger partial charge is 0.494 e. The normalized spacial score (nSPS) is 19.4. The van der Waals surface area contributed by atoms with E-state index in [2.05, 4.69) is 17.2 Å². The van der Waals surface area contributed by atoms with Crippen molar-refractivity contribution in [3.05, 3.63) is 29.8 Å². The van der Waals surface area contributed by atoms with Crippen LogP contribution < -0.4 is 15.8 Å². The van der Waals surface area contributed by atoms with Crippen molar-refractivity contribution in [3.63, 3.8) is 0 Å². The summed E-state index contributed by atoms with van der Waals surface area (Å²) in [4.78, 5) is 4.41. The first kappa shape index (κ1) is 11.9. The fourth-order valence-electron chi connectivity index (χ4n) is 1.68. The van der Waals surface area contributed by atoms with Gasteiger partial charge in [0.1, 0.15) is 11.6 Å². The Hall–Kier alpha value is -1.55. The van der Waals surface area contributed by atoms with Crippen molar-refractivity contribution in [2.24, 2.45) is 10.7 Å². The molecule has 92 valence electrons. The first-order valence-corrected chi connectivity index (χ1v) is 6.06. The molecule has 1 aromatic rings. The van der Waals surface area contributed by atoms with Gasteiger partial charge in [0.15, 0.2) is 0 Å². The van der Waals surface area contributed by atoms with Crippen LogP contribution in [0, 0.1) is 0 Å². The highest BCUT2D eigenvalue weighted by atomic mass is 16.5. The molecule has 0 saturated heterocycles. The molecule has 1 aliphatic rings. The van der Waals surface area contributed by atoms with Crippen LogP contribution in [0.15, 0.2) is 29.3 Å². The van der Waals surface area contributed by atoms with Gasteiger partial charge in [-0.1, -0.05) is 6.92 Å². The molecule has 3 N–H and O–H groups in total. The van der Waals surface area contributed by atoms with Crippen LogP contribution in [-0.2, 0) is 0 Å². The minimum absolute atomic E-state index is 0.130. The van der Waals surface area contributed by atoms with Crippen LogP contribution in [0.2, 0.25) is 0 Å². The SMILES string of the molecule is CCCOc1ccc(C2=NCC(N)CN2)cc1. The van der Waals surface area contributed by atoms with Crippen molar-refractivity contribution in [2.75, 3.05) is 19.7 Å². The number of ether oxygens (including phenoxy) is 1. The Balaban J connectivity index is 2.02. The number of benzene rings is 1. The van der Waals surface area contributed by atoms with Crippen LogP contribution in [0.1, 0.15) is 18.9 Å². The molecule has 4 nitrogen and oxygen atoms in total. The zero-order valence-electron chi connectivity index (χ0n) is 10.1. The molecule has 0 spiro atoms. The minimum atomic E-state index is 0.130. The fourth-order valence-corrected chi connectivity index (χ4v) is 1.68. The second kappa shape index (κ2) is 5.68. The van der Waals surface area contributed by atoms with E-state index in [0.717, 1.165) is 36.7 Å². The summed E-state index contributed by atoms with van der Waals surface area (Å²) >= 11 is 0. The summed E-state index contributed by atoms with van der Waals surface area (Å²) in [5.41, 5.74) is 6.85. The summed E-state index contributed by atoms with van der Waals surface area (Å²) in [7, 11) is 0. The van der Waals surface area contributed by atoms with E-state index < -0.39 is 0 Å². The lowest BCUT2D eigenvalue weighted by Crippen LogP contribution is -2.44. The quantitative estimate of drug-likeness (QED) is 0.820. The molecule has 17 heavy (non-hydrogen) atoms. The summed E-state index contributed by atoms with van der Waals surface area (Å²) in [6.07, 6.45) is 1.02. The Morgan fingerprint density at radius 3 is 2.76 bits per heavy atom. The van der Waals surface area contributed by atoms with Gasteiger partial charge in [-0.3, -0.25) is 4.99 Å². The molecular weight excluding hydrogens is 214 g/mol. The van der Waals surface area contributed by atoms with Crippen molar-refractivity contribution in [2.45, 2.75) is 19.4 Å². The maximum atomic E-state index is 5.76. The third-order valence-corrected chi connectivity index (χ3v) is 2.62. The monoisotopic (exact) mass is 233 g/mol. The Labute approximate surface area is 102 Å². The zero-order valence-corrected chi connectivity index (χ0v) is 10.1. The van der Waals surface area contributed by atoms with E-state index >= 15 is 0 Å². The average molecular weight is 233 g/mol. The summed E-state index contributed by atoms with van der Waals surface area (Å²) in [5.74, 6) is 1.83. The van der Waals surface area contributed by atoms with Crippen molar-refractivity contribution in [3.8, 4) is 5.75 Å². The predicted molar refractivity (Wildman–Crippen MR) is 69.6 cm³/mol. The highest BCUT2D eigenvalue weighted by molar-refractivity contribution is 5.99. The minimum Gasteiger partial charge on any atom is -0.494 e. The Morgan fingerprint density at radius 2 is 2.18 bits per heavy atom. The van der Waals surface area contributed by atoms with E-state index in [1.54, 1.807) is 0 Å². The molecule has 0 amide bonds. The van der Waals surface area contributed by atoms with Gasteiger partial charge in [0.2, 0.25) is 0 Å². The molecule has 1 aromatic carbocycles. The van der Waals surface area contributed by atoms with E-state index in [4.69, 9.17) is 10.5 Å². The molecule has 0 aliphatic carbocycles. The summed E-state index contributed by atoms with van der Waals surface area (Å²) in [6, 6.07) is 8.13. The van der Waals surface area contributed by atoms with Gasteiger partial charge in [0, 0.05) is 18.2 Å². The van der Waals surface area contributed by atoms with Crippen LogP contribution in [-0.4, -0.2) is 31.6 Å². The summed E-state index contributed by atoms with van der Waals surface area (Å²) in [5, 5.41) is 3.23. The van der Waals surface area contributed by atoms with E-state index in [0.29, 0.717) is 6.54 Å². The van der Waals surface area contributed by atoms with Gasteiger partial charge >= 0.3 is 0 Å². The number of amidine groups is 1. The van der Waals surface area contributed by atoms with Gasteiger partial charge in [0.25, 0.3) is 0 Å². The van der Waals surface area contributed by atoms with Gasteiger partial charge in [-0.15, -0.1) is 0 Å². The second-order valence-electron chi connectivity index (χ2n) is 4.20. The molecule has 1 atom stereocenters. The lowest BCUT2D eigenvalue weighted by Gasteiger charge is -2.19. The first-order chi connectivity index (χ1) is 8.29. The number of rotatable bonds is 4. The van der Waals surface area contributed by atoms with Gasteiger partial charge in [0.05, 0.1) is 13.2 Å². The number of nitrogens with zero attached hydrogens (tertiary/aromatic N) is 1. The number of hydrogen-bond donors (Lipinski definition) is 2. The fraction of sp³-hybridized carbons (Fsp3) is 0.462. The van der Waals surface area contributed by atoms with Gasteiger partial charge < -0.3 is 15.8 Å². The molecular formula is C13H19N3O. The Kier molecular flexibility index (Phi) is 3.98. The smallest absolute Gasteiger partial charge is 0.128 e. The van der Waals surface area contributed by atoms with Gasteiger partial charge in [-0.05, 0) is 30.7 Å². The van der Waals surface area contributed by atoms with Gasteiger partial charge in [-0.2, -0.15) is 0 Å². The Morgan fingerprint density at radius 1 is 1.41 bits per heavy atom. The molecule has 0 aromatic heterocycles. The number of hydrogen-bond acceptors (Lipinski definition) is 4. The van der Waals surface area contributed by atoms with E-state index in [1.807, 2.05) is 24.3 Å². The molecule has 1 heterocycles. The van der Waals surface area contributed by atoms with Gasteiger partial charge in [-0.25, -0.2) is 0 Å². The molecule has 2 rings (SSSR count). The van der Waals surface area contributed by atoms with Crippen molar-refractivity contribution < 1.29 is 4.74 Å². The number of aliphatic imine (C=N–C) groups is 1. The van der Waals surface area contributed by atoms with Crippen LogP contribution >= 0.6 is 0 Å². The molecule has 4 heteroatoms.